The highest BCUT2D eigenvalue weighted by atomic mass is 19.2. The molecule has 0 radical (unpaired) electrons. The first-order valence-corrected chi connectivity index (χ1v) is 2.11. The van der Waals surface area contributed by atoms with E-state index in [9.17, 15) is 4.39 Å². The van der Waals surface area contributed by atoms with Gasteiger partial charge in [0.2, 0.25) is 5.85 Å². The molecule has 0 saturated carbocycles. The maximum atomic E-state index is 12.3. The van der Waals surface area contributed by atoms with Crippen molar-refractivity contribution < 1.29 is 13.9 Å². The summed E-state index contributed by atoms with van der Waals surface area (Å²) in [6.45, 7) is 1.50. The minimum atomic E-state index is -1.53. The van der Waals surface area contributed by atoms with E-state index in [1.807, 2.05) is 0 Å². The number of alkyl halides is 1. The second-order valence-corrected chi connectivity index (χ2v) is 1.71. The molecule has 1 atom stereocenters. The molecule has 0 aromatic rings. The van der Waals surface area contributed by atoms with E-state index in [2.05, 4.69) is 9.47 Å². The summed E-state index contributed by atoms with van der Waals surface area (Å²) in [5, 5.41) is 0. The molecule has 1 fully saturated rings. The summed E-state index contributed by atoms with van der Waals surface area (Å²) >= 11 is 0. The van der Waals surface area contributed by atoms with Crippen LogP contribution in [0.25, 0.3) is 0 Å². The van der Waals surface area contributed by atoms with Crippen LogP contribution in [0.5, 0.6) is 0 Å². The van der Waals surface area contributed by atoms with Crippen LogP contribution in [0.3, 0.4) is 0 Å². The van der Waals surface area contributed by atoms with Gasteiger partial charge in [0.1, 0.15) is 6.61 Å². The second kappa shape index (κ2) is 1.42. The lowest BCUT2D eigenvalue weighted by Crippen LogP contribution is -2.18. The van der Waals surface area contributed by atoms with E-state index < -0.39 is 5.85 Å². The molecular formula is C4H7FO2. The summed E-state index contributed by atoms with van der Waals surface area (Å²) < 4.78 is 21.3. The quantitative estimate of drug-likeness (QED) is 0.452. The summed E-state index contributed by atoms with van der Waals surface area (Å²) in [4.78, 5) is 0. The molecule has 0 aromatic carbocycles. The number of hydrogen-bond acceptors (Lipinski definition) is 2. The highest BCUT2D eigenvalue weighted by molar-refractivity contribution is 4.60. The van der Waals surface area contributed by atoms with Crippen LogP contribution in [0.1, 0.15) is 6.92 Å². The van der Waals surface area contributed by atoms with E-state index in [1.54, 1.807) is 0 Å². The van der Waals surface area contributed by atoms with Crippen molar-refractivity contribution in [2.75, 3.05) is 13.4 Å². The Labute approximate surface area is 41.2 Å². The molecule has 1 aliphatic rings. The number of hydrogen-bond donors (Lipinski definition) is 0. The third-order valence-corrected chi connectivity index (χ3v) is 0.803. The van der Waals surface area contributed by atoms with Crippen LogP contribution in [-0.2, 0) is 9.47 Å². The fraction of sp³-hybridized carbons (Fsp3) is 1.00. The predicted octanol–water partition coefficient (Wildman–Crippen LogP) is 0.676. The molecule has 0 amide bonds. The van der Waals surface area contributed by atoms with Crippen LogP contribution in [0.15, 0.2) is 0 Å². The minimum absolute atomic E-state index is 0.0625. The topological polar surface area (TPSA) is 18.5 Å². The SMILES string of the molecule is CC1(F)COCO1. The van der Waals surface area contributed by atoms with Gasteiger partial charge in [-0.3, -0.25) is 0 Å². The van der Waals surface area contributed by atoms with Gasteiger partial charge in [-0.2, -0.15) is 0 Å². The molecule has 1 aliphatic heterocycles. The Bertz CT molecular complexity index is 64.1. The van der Waals surface area contributed by atoms with Crippen molar-refractivity contribution in [3.8, 4) is 0 Å². The summed E-state index contributed by atoms with van der Waals surface area (Å²) in [6, 6.07) is 0. The fourth-order valence-corrected chi connectivity index (χ4v) is 0.430. The lowest BCUT2D eigenvalue weighted by Gasteiger charge is -2.05. The molecule has 1 rings (SSSR count). The van der Waals surface area contributed by atoms with E-state index in [1.165, 1.54) is 6.92 Å². The Morgan fingerprint density at radius 1 is 1.71 bits per heavy atom. The van der Waals surface area contributed by atoms with Crippen molar-refractivity contribution >= 4 is 0 Å². The smallest absolute Gasteiger partial charge is 0.232 e. The molecule has 1 heterocycles. The average molecular weight is 106 g/mol. The third-order valence-electron chi connectivity index (χ3n) is 0.803. The fourth-order valence-electron chi connectivity index (χ4n) is 0.430. The van der Waals surface area contributed by atoms with E-state index >= 15 is 0 Å². The van der Waals surface area contributed by atoms with Crippen LogP contribution >= 0.6 is 0 Å². The monoisotopic (exact) mass is 106 g/mol. The Hall–Kier alpha value is -0.150. The molecule has 7 heavy (non-hydrogen) atoms. The van der Waals surface area contributed by atoms with E-state index in [-0.39, 0.29) is 13.4 Å². The number of rotatable bonds is 0. The molecule has 0 bridgehead atoms. The van der Waals surface area contributed by atoms with Crippen molar-refractivity contribution in [3.05, 3.63) is 0 Å². The maximum Gasteiger partial charge on any atom is 0.232 e. The Morgan fingerprint density at radius 2 is 2.43 bits per heavy atom. The zero-order valence-corrected chi connectivity index (χ0v) is 4.11. The van der Waals surface area contributed by atoms with Gasteiger partial charge in [0, 0.05) is 0 Å². The lowest BCUT2D eigenvalue weighted by molar-refractivity contribution is -0.0846. The standard InChI is InChI=1S/C4H7FO2/c1-4(5)2-6-3-7-4/h2-3H2,1H3. The first kappa shape index (κ1) is 5.00. The maximum absolute atomic E-state index is 12.3. The number of halogens is 1. The highest BCUT2D eigenvalue weighted by Gasteiger charge is 2.29. The van der Waals surface area contributed by atoms with Crippen molar-refractivity contribution in [1.82, 2.24) is 0 Å². The molecule has 1 saturated heterocycles. The van der Waals surface area contributed by atoms with Gasteiger partial charge in [-0.15, -0.1) is 0 Å². The van der Waals surface area contributed by atoms with Gasteiger partial charge in [0.25, 0.3) is 0 Å². The van der Waals surface area contributed by atoms with Crippen molar-refractivity contribution in [2.24, 2.45) is 0 Å². The Morgan fingerprint density at radius 3 is 2.57 bits per heavy atom. The summed E-state index contributed by atoms with van der Waals surface area (Å²) in [5.74, 6) is -1.53. The molecular weight excluding hydrogens is 99.0 g/mol. The van der Waals surface area contributed by atoms with Gasteiger partial charge in [-0.05, 0) is 6.92 Å². The largest absolute Gasteiger partial charge is 0.349 e. The van der Waals surface area contributed by atoms with Crippen molar-refractivity contribution in [1.29, 1.82) is 0 Å². The highest BCUT2D eigenvalue weighted by Crippen LogP contribution is 2.17. The first-order valence-electron chi connectivity index (χ1n) is 2.11. The van der Waals surface area contributed by atoms with Crippen LogP contribution in [0, 0.1) is 0 Å². The molecule has 3 heteroatoms. The lowest BCUT2D eigenvalue weighted by atomic mass is 10.4. The summed E-state index contributed by atoms with van der Waals surface area (Å²) in [6.07, 6.45) is 0. The molecule has 2 nitrogen and oxygen atoms in total. The van der Waals surface area contributed by atoms with Crippen molar-refractivity contribution in [3.63, 3.8) is 0 Å². The molecule has 0 spiro atoms. The summed E-state index contributed by atoms with van der Waals surface area (Å²) in [7, 11) is 0. The van der Waals surface area contributed by atoms with Gasteiger partial charge >= 0.3 is 0 Å². The zero-order valence-electron chi connectivity index (χ0n) is 4.11. The Balaban J connectivity index is 2.40. The Kier molecular flexibility index (Phi) is 1.01. The van der Waals surface area contributed by atoms with Crippen LogP contribution in [0.2, 0.25) is 0 Å². The van der Waals surface area contributed by atoms with Crippen LogP contribution in [-0.4, -0.2) is 19.3 Å². The molecule has 0 N–H and O–H groups in total. The molecule has 0 aliphatic carbocycles. The number of ether oxygens (including phenoxy) is 2. The normalized spacial score (nSPS) is 42.0. The van der Waals surface area contributed by atoms with Crippen molar-refractivity contribution in [2.45, 2.75) is 12.8 Å². The first-order chi connectivity index (χ1) is 3.21. The third kappa shape index (κ3) is 1.11. The molecule has 42 valence electrons. The second-order valence-electron chi connectivity index (χ2n) is 1.71. The summed E-state index contributed by atoms with van der Waals surface area (Å²) in [5.41, 5.74) is 0. The van der Waals surface area contributed by atoms with E-state index in [0.29, 0.717) is 0 Å². The average Bonchev–Trinajstić information content (AvgIpc) is 1.84. The van der Waals surface area contributed by atoms with E-state index in [0.717, 1.165) is 0 Å². The zero-order chi connectivity index (χ0) is 5.33. The minimum Gasteiger partial charge on any atom is -0.349 e. The molecule has 1 unspecified atom stereocenters. The van der Waals surface area contributed by atoms with Crippen LogP contribution < -0.4 is 0 Å². The van der Waals surface area contributed by atoms with Gasteiger partial charge in [0.05, 0.1) is 0 Å². The predicted molar refractivity (Wildman–Crippen MR) is 21.4 cm³/mol. The van der Waals surface area contributed by atoms with Gasteiger partial charge in [-0.25, -0.2) is 4.39 Å². The van der Waals surface area contributed by atoms with Gasteiger partial charge in [0.15, 0.2) is 6.79 Å². The van der Waals surface area contributed by atoms with Gasteiger partial charge in [-0.1, -0.05) is 0 Å². The molecule has 0 aromatic heterocycles. The van der Waals surface area contributed by atoms with Crippen LogP contribution in [0.4, 0.5) is 4.39 Å². The van der Waals surface area contributed by atoms with Gasteiger partial charge < -0.3 is 9.47 Å². The van der Waals surface area contributed by atoms with E-state index in [4.69, 9.17) is 0 Å².